The third kappa shape index (κ3) is 2.36. The molecule has 4 rings (SSSR count). The molecule has 1 amide bonds. The van der Waals surface area contributed by atoms with Crippen molar-refractivity contribution in [3.63, 3.8) is 0 Å². The maximum atomic E-state index is 13.1. The highest BCUT2D eigenvalue weighted by molar-refractivity contribution is 5.94. The van der Waals surface area contributed by atoms with Crippen LogP contribution in [0.1, 0.15) is 29.8 Å². The van der Waals surface area contributed by atoms with Crippen molar-refractivity contribution in [3.05, 3.63) is 54.0 Å². The molecule has 118 valence electrons. The summed E-state index contributed by atoms with van der Waals surface area (Å²) < 4.78 is 14.7. The number of rotatable bonds is 2. The lowest BCUT2D eigenvalue weighted by Crippen LogP contribution is -2.42. The topological polar surface area (TPSA) is 38.1 Å². The van der Waals surface area contributed by atoms with Gasteiger partial charge in [0.2, 0.25) is 0 Å². The molecular weight excluding hydrogens is 293 g/mol. The summed E-state index contributed by atoms with van der Waals surface area (Å²) in [4.78, 5) is 14.9. The van der Waals surface area contributed by atoms with E-state index in [1.165, 1.54) is 12.1 Å². The summed E-state index contributed by atoms with van der Waals surface area (Å²) in [5, 5.41) is 4.43. The molecule has 1 saturated heterocycles. The molecule has 0 N–H and O–H groups in total. The van der Waals surface area contributed by atoms with E-state index in [1.807, 2.05) is 4.90 Å². The Bertz CT molecular complexity index is 778. The van der Waals surface area contributed by atoms with E-state index in [-0.39, 0.29) is 17.8 Å². The zero-order valence-corrected chi connectivity index (χ0v) is 12.9. The number of aryl methyl sites for hydroxylation is 1. The van der Waals surface area contributed by atoms with Crippen LogP contribution >= 0.6 is 0 Å². The Kier molecular flexibility index (Phi) is 3.29. The van der Waals surface area contributed by atoms with E-state index >= 15 is 0 Å². The summed E-state index contributed by atoms with van der Waals surface area (Å²) in [6.07, 6.45) is 7.35. The van der Waals surface area contributed by atoms with Crippen LogP contribution in [0.5, 0.6) is 0 Å². The Hall–Kier alpha value is -2.43. The van der Waals surface area contributed by atoms with Crippen LogP contribution in [0.15, 0.2) is 42.5 Å². The van der Waals surface area contributed by atoms with Crippen molar-refractivity contribution in [2.24, 2.45) is 7.05 Å². The number of aromatic nitrogens is 2. The van der Waals surface area contributed by atoms with Gasteiger partial charge in [-0.15, -0.1) is 0 Å². The average Bonchev–Trinajstić information content (AvgIpc) is 3.05. The Morgan fingerprint density at radius 3 is 2.78 bits per heavy atom. The van der Waals surface area contributed by atoms with Crippen molar-refractivity contribution in [1.29, 1.82) is 0 Å². The Labute approximate surface area is 134 Å². The van der Waals surface area contributed by atoms with Gasteiger partial charge in [-0.2, -0.15) is 5.10 Å². The first-order valence-electron chi connectivity index (χ1n) is 7.93. The number of carbonyl (C=O) groups excluding carboxylic acids is 1. The first-order chi connectivity index (χ1) is 11.1. The van der Waals surface area contributed by atoms with Gasteiger partial charge >= 0.3 is 0 Å². The zero-order valence-electron chi connectivity index (χ0n) is 12.9. The van der Waals surface area contributed by atoms with E-state index in [0.717, 1.165) is 24.8 Å². The number of hydrogen-bond donors (Lipinski definition) is 0. The molecule has 0 radical (unpaired) electrons. The van der Waals surface area contributed by atoms with E-state index in [1.54, 1.807) is 29.9 Å². The third-order valence-corrected chi connectivity index (χ3v) is 4.79. The van der Waals surface area contributed by atoms with Gasteiger partial charge in [0, 0.05) is 18.7 Å². The van der Waals surface area contributed by atoms with E-state index in [4.69, 9.17) is 0 Å². The minimum Gasteiger partial charge on any atom is -0.328 e. The molecule has 2 aliphatic rings. The smallest absolute Gasteiger partial charge is 0.272 e. The molecule has 0 saturated carbocycles. The van der Waals surface area contributed by atoms with Gasteiger partial charge in [0.05, 0.1) is 11.7 Å². The Morgan fingerprint density at radius 2 is 2.04 bits per heavy atom. The van der Waals surface area contributed by atoms with Gasteiger partial charge in [0.25, 0.3) is 5.91 Å². The molecule has 1 aromatic carbocycles. The second-order valence-corrected chi connectivity index (χ2v) is 6.22. The molecule has 0 spiro atoms. The van der Waals surface area contributed by atoms with Crippen LogP contribution in [0.4, 0.5) is 4.39 Å². The second kappa shape index (κ2) is 5.33. The molecule has 23 heavy (non-hydrogen) atoms. The number of benzene rings is 1. The first-order valence-corrected chi connectivity index (χ1v) is 7.93. The summed E-state index contributed by atoms with van der Waals surface area (Å²) in [6, 6.07) is 8.49. The fourth-order valence-electron chi connectivity index (χ4n) is 3.60. The lowest BCUT2D eigenvalue weighted by molar-refractivity contribution is 0.0677. The maximum absolute atomic E-state index is 13.1. The molecule has 2 atom stereocenters. The minimum atomic E-state index is -0.280. The molecule has 3 heterocycles. The van der Waals surface area contributed by atoms with Gasteiger partial charge in [0.15, 0.2) is 0 Å². The zero-order chi connectivity index (χ0) is 16.0. The van der Waals surface area contributed by atoms with Crippen LogP contribution in [0, 0.1) is 5.82 Å². The van der Waals surface area contributed by atoms with Crippen LogP contribution in [-0.4, -0.2) is 32.7 Å². The van der Waals surface area contributed by atoms with Crippen LogP contribution in [0.2, 0.25) is 0 Å². The number of amides is 1. The summed E-state index contributed by atoms with van der Waals surface area (Å²) in [7, 11) is 1.78. The van der Waals surface area contributed by atoms with Crippen molar-refractivity contribution in [2.45, 2.75) is 31.3 Å². The van der Waals surface area contributed by atoms with Gasteiger partial charge in [-0.05, 0) is 49.6 Å². The number of halogens is 1. The van der Waals surface area contributed by atoms with Crippen LogP contribution in [0.3, 0.4) is 0 Å². The SMILES string of the molecule is Cn1nc(-c2ccc(F)cc2)cc1C(=O)N1C2C=CCC1CC2. The van der Waals surface area contributed by atoms with Crippen molar-refractivity contribution >= 4 is 5.91 Å². The van der Waals surface area contributed by atoms with Crippen LogP contribution < -0.4 is 0 Å². The Morgan fingerprint density at radius 1 is 1.26 bits per heavy atom. The van der Waals surface area contributed by atoms with Gasteiger partial charge in [-0.3, -0.25) is 9.48 Å². The molecule has 2 bridgehead atoms. The lowest BCUT2D eigenvalue weighted by Gasteiger charge is -2.31. The molecule has 2 unspecified atom stereocenters. The molecular formula is C18H18FN3O. The van der Waals surface area contributed by atoms with E-state index in [0.29, 0.717) is 17.4 Å². The Balaban J connectivity index is 1.66. The molecule has 2 aliphatic heterocycles. The van der Waals surface area contributed by atoms with Crippen molar-refractivity contribution in [1.82, 2.24) is 14.7 Å². The van der Waals surface area contributed by atoms with Crippen molar-refractivity contribution in [3.8, 4) is 11.3 Å². The van der Waals surface area contributed by atoms with Crippen molar-refractivity contribution in [2.75, 3.05) is 0 Å². The first kappa shape index (κ1) is 14.2. The fraction of sp³-hybridized carbons (Fsp3) is 0.333. The third-order valence-electron chi connectivity index (χ3n) is 4.79. The highest BCUT2D eigenvalue weighted by atomic mass is 19.1. The summed E-state index contributed by atoms with van der Waals surface area (Å²) >= 11 is 0. The van der Waals surface area contributed by atoms with E-state index < -0.39 is 0 Å². The molecule has 5 heteroatoms. The quantitative estimate of drug-likeness (QED) is 0.799. The van der Waals surface area contributed by atoms with E-state index in [2.05, 4.69) is 17.3 Å². The second-order valence-electron chi connectivity index (χ2n) is 6.22. The molecule has 4 nitrogen and oxygen atoms in total. The molecule has 0 aliphatic carbocycles. The monoisotopic (exact) mass is 311 g/mol. The number of fused-ring (bicyclic) bond motifs is 2. The summed E-state index contributed by atoms with van der Waals surface area (Å²) in [6.45, 7) is 0. The summed E-state index contributed by atoms with van der Waals surface area (Å²) in [5.74, 6) is -0.247. The minimum absolute atomic E-state index is 0.0326. The predicted molar refractivity (Wildman–Crippen MR) is 85.3 cm³/mol. The van der Waals surface area contributed by atoms with E-state index in [9.17, 15) is 9.18 Å². The molecule has 2 aromatic rings. The highest BCUT2D eigenvalue weighted by Crippen LogP contribution is 2.33. The standard InChI is InChI=1S/C18H18FN3O/c1-21-17(11-16(20-21)12-5-7-13(19)8-6-12)18(23)22-14-3-2-4-15(22)10-9-14/h2-3,5-8,11,14-15H,4,9-10H2,1H3. The largest absolute Gasteiger partial charge is 0.328 e. The van der Waals surface area contributed by atoms with Gasteiger partial charge < -0.3 is 4.90 Å². The predicted octanol–water partition coefficient (Wildman–Crippen LogP) is 3.16. The van der Waals surface area contributed by atoms with Gasteiger partial charge in [0.1, 0.15) is 11.5 Å². The number of nitrogens with zero attached hydrogens (tertiary/aromatic N) is 3. The van der Waals surface area contributed by atoms with Crippen molar-refractivity contribution < 1.29 is 9.18 Å². The van der Waals surface area contributed by atoms with Crippen LogP contribution in [0.25, 0.3) is 11.3 Å². The summed E-state index contributed by atoms with van der Waals surface area (Å²) in [5.41, 5.74) is 2.08. The highest BCUT2D eigenvalue weighted by Gasteiger charge is 2.38. The number of hydrogen-bond acceptors (Lipinski definition) is 2. The lowest BCUT2D eigenvalue weighted by atomic mass is 10.1. The molecule has 1 fully saturated rings. The van der Waals surface area contributed by atoms with Crippen LogP contribution in [-0.2, 0) is 7.05 Å². The van der Waals surface area contributed by atoms with Gasteiger partial charge in [-0.25, -0.2) is 4.39 Å². The fourth-order valence-corrected chi connectivity index (χ4v) is 3.60. The number of carbonyl (C=O) groups is 1. The van der Waals surface area contributed by atoms with Gasteiger partial charge in [-0.1, -0.05) is 12.2 Å². The average molecular weight is 311 g/mol. The maximum Gasteiger partial charge on any atom is 0.272 e. The molecule has 1 aromatic heterocycles. The normalized spacial score (nSPS) is 22.6.